The molecular weight excluding hydrogens is 338 g/mol. The summed E-state index contributed by atoms with van der Waals surface area (Å²) in [5.41, 5.74) is 3.64. The van der Waals surface area contributed by atoms with Gasteiger partial charge in [0.2, 0.25) is 5.91 Å². The van der Waals surface area contributed by atoms with Gasteiger partial charge in [-0.1, -0.05) is 55.5 Å². The maximum atomic E-state index is 13.1. The third kappa shape index (κ3) is 3.72. The number of methoxy groups -OCH3 is 1. The SMILES string of the molecule is CC[C@@H](C(=O)Nc1c(-c2ccccc2OC)c(C)nn1C)c1ccccc1. The van der Waals surface area contributed by atoms with Crippen LogP contribution in [-0.2, 0) is 11.8 Å². The van der Waals surface area contributed by atoms with Crippen LogP contribution in [-0.4, -0.2) is 22.8 Å². The number of aryl methyl sites for hydroxylation is 2. The van der Waals surface area contributed by atoms with Crippen LogP contribution < -0.4 is 10.1 Å². The summed E-state index contributed by atoms with van der Waals surface area (Å²) in [4.78, 5) is 13.1. The number of rotatable bonds is 6. The van der Waals surface area contributed by atoms with Gasteiger partial charge in [0.15, 0.2) is 0 Å². The van der Waals surface area contributed by atoms with E-state index in [1.807, 2.05) is 75.5 Å². The maximum absolute atomic E-state index is 13.1. The minimum absolute atomic E-state index is 0.0390. The Kier molecular flexibility index (Phi) is 5.60. The molecule has 0 spiro atoms. The lowest BCUT2D eigenvalue weighted by molar-refractivity contribution is -0.117. The molecule has 0 radical (unpaired) electrons. The summed E-state index contributed by atoms with van der Waals surface area (Å²) in [7, 11) is 3.48. The molecule has 1 amide bonds. The molecule has 0 aliphatic rings. The highest BCUT2D eigenvalue weighted by molar-refractivity contribution is 5.99. The van der Waals surface area contributed by atoms with E-state index in [1.165, 1.54) is 0 Å². The van der Waals surface area contributed by atoms with Gasteiger partial charge >= 0.3 is 0 Å². The van der Waals surface area contributed by atoms with Crippen molar-refractivity contribution in [2.45, 2.75) is 26.2 Å². The summed E-state index contributed by atoms with van der Waals surface area (Å²) in [5, 5.41) is 7.63. The quantitative estimate of drug-likeness (QED) is 0.700. The van der Waals surface area contributed by atoms with Gasteiger partial charge in [0.05, 0.1) is 24.3 Å². The Morgan fingerprint density at radius 2 is 1.81 bits per heavy atom. The van der Waals surface area contributed by atoms with Crippen molar-refractivity contribution in [3.8, 4) is 16.9 Å². The lowest BCUT2D eigenvalue weighted by atomic mass is 9.95. The first-order valence-corrected chi connectivity index (χ1v) is 9.09. The van der Waals surface area contributed by atoms with Crippen molar-refractivity contribution in [2.75, 3.05) is 12.4 Å². The summed E-state index contributed by atoms with van der Waals surface area (Å²) in [6, 6.07) is 17.6. The zero-order chi connectivity index (χ0) is 19.4. The molecule has 1 N–H and O–H groups in total. The molecule has 140 valence electrons. The van der Waals surface area contributed by atoms with E-state index in [0.29, 0.717) is 5.82 Å². The van der Waals surface area contributed by atoms with E-state index in [2.05, 4.69) is 10.4 Å². The fraction of sp³-hybridized carbons (Fsp3) is 0.273. The number of benzene rings is 2. The van der Waals surface area contributed by atoms with Gasteiger partial charge in [-0.15, -0.1) is 0 Å². The fourth-order valence-corrected chi connectivity index (χ4v) is 3.44. The first-order chi connectivity index (χ1) is 13.1. The molecule has 0 saturated heterocycles. The van der Waals surface area contributed by atoms with Gasteiger partial charge in [-0.3, -0.25) is 9.48 Å². The Morgan fingerprint density at radius 3 is 2.48 bits per heavy atom. The van der Waals surface area contributed by atoms with Crippen molar-refractivity contribution >= 4 is 11.7 Å². The van der Waals surface area contributed by atoms with Crippen LogP contribution in [0.25, 0.3) is 11.1 Å². The first-order valence-electron chi connectivity index (χ1n) is 9.09. The number of nitrogens with one attached hydrogen (secondary N) is 1. The Bertz CT molecular complexity index is 932. The topological polar surface area (TPSA) is 56.1 Å². The summed E-state index contributed by atoms with van der Waals surface area (Å²) < 4.78 is 7.23. The van der Waals surface area contributed by atoms with Gasteiger partial charge in [0.1, 0.15) is 11.6 Å². The van der Waals surface area contributed by atoms with Crippen LogP contribution in [0, 0.1) is 6.92 Å². The van der Waals surface area contributed by atoms with E-state index in [-0.39, 0.29) is 11.8 Å². The van der Waals surface area contributed by atoms with Gasteiger partial charge in [0.25, 0.3) is 0 Å². The highest BCUT2D eigenvalue weighted by Gasteiger charge is 2.24. The number of carbonyl (C=O) groups excluding carboxylic acids is 1. The second-order valence-corrected chi connectivity index (χ2v) is 6.49. The van der Waals surface area contributed by atoms with E-state index in [9.17, 15) is 4.79 Å². The van der Waals surface area contributed by atoms with E-state index >= 15 is 0 Å². The number of hydrogen-bond acceptors (Lipinski definition) is 3. The van der Waals surface area contributed by atoms with Crippen LogP contribution in [0.3, 0.4) is 0 Å². The predicted molar refractivity (Wildman–Crippen MR) is 108 cm³/mol. The second kappa shape index (κ2) is 8.08. The van der Waals surface area contributed by atoms with E-state index in [4.69, 9.17) is 4.74 Å². The summed E-state index contributed by atoms with van der Waals surface area (Å²) in [5.74, 6) is 1.17. The average molecular weight is 363 g/mol. The molecule has 0 saturated carbocycles. The van der Waals surface area contributed by atoms with Gasteiger partial charge in [-0.25, -0.2) is 0 Å². The number of anilines is 1. The number of hydrogen-bond donors (Lipinski definition) is 1. The number of amides is 1. The Balaban J connectivity index is 1.99. The molecule has 3 aromatic rings. The van der Waals surface area contributed by atoms with Crippen LogP contribution in [0.1, 0.15) is 30.5 Å². The molecule has 5 heteroatoms. The average Bonchev–Trinajstić information content (AvgIpc) is 2.96. The number of para-hydroxylation sites is 1. The predicted octanol–water partition coefficient (Wildman–Crippen LogP) is 4.54. The second-order valence-electron chi connectivity index (χ2n) is 6.49. The first kappa shape index (κ1) is 18.7. The molecule has 0 bridgehead atoms. The molecular formula is C22H25N3O2. The summed E-state index contributed by atoms with van der Waals surface area (Å²) in [6.07, 6.45) is 0.719. The lowest BCUT2D eigenvalue weighted by Gasteiger charge is -2.17. The molecule has 5 nitrogen and oxygen atoms in total. The fourth-order valence-electron chi connectivity index (χ4n) is 3.44. The van der Waals surface area contributed by atoms with E-state index < -0.39 is 0 Å². The lowest BCUT2D eigenvalue weighted by Crippen LogP contribution is -2.22. The number of nitrogens with zero attached hydrogens (tertiary/aromatic N) is 2. The normalized spacial score (nSPS) is 11.9. The maximum Gasteiger partial charge on any atom is 0.233 e. The van der Waals surface area contributed by atoms with Gasteiger partial charge in [-0.2, -0.15) is 5.10 Å². The van der Waals surface area contributed by atoms with Crippen LogP contribution in [0.2, 0.25) is 0 Å². The van der Waals surface area contributed by atoms with Crippen molar-refractivity contribution in [3.63, 3.8) is 0 Å². The smallest absolute Gasteiger partial charge is 0.233 e. The number of carbonyl (C=O) groups is 1. The number of aromatic nitrogens is 2. The van der Waals surface area contributed by atoms with Crippen LogP contribution in [0.15, 0.2) is 54.6 Å². The zero-order valence-electron chi connectivity index (χ0n) is 16.2. The van der Waals surface area contributed by atoms with Crippen LogP contribution in [0.5, 0.6) is 5.75 Å². The molecule has 1 atom stereocenters. The van der Waals surface area contributed by atoms with E-state index in [0.717, 1.165) is 34.6 Å². The largest absolute Gasteiger partial charge is 0.496 e. The minimum Gasteiger partial charge on any atom is -0.496 e. The zero-order valence-corrected chi connectivity index (χ0v) is 16.2. The third-order valence-corrected chi connectivity index (χ3v) is 4.77. The highest BCUT2D eigenvalue weighted by atomic mass is 16.5. The monoisotopic (exact) mass is 363 g/mol. The molecule has 2 aromatic carbocycles. The van der Waals surface area contributed by atoms with Gasteiger partial charge < -0.3 is 10.1 Å². The van der Waals surface area contributed by atoms with Crippen molar-refractivity contribution in [3.05, 3.63) is 65.9 Å². The molecule has 0 unspecified atom stereocenters. The Labute approximate surface area is 160 Å². The van der Waals surface area contributed by atoms with E-state index in [1.54, 1.807) is 11.8 Å². The van der Waals surface area contributed by atoms with Crippen LogP contribution >= 0.6 is 0 Å². The Morgan fingerprint density at radius 1 is 1.15 bits per heavy atom. The molecule has 0 aliphatic heterocycles. The Hall–Kier alpha value is -3.08. The van der Waals surface area contributed by atoms with Crippen molar-refractivity contribution in [1.82, 2.24) is 9.78 Å². The summed E-state index contributed by atoms with van der Waals surface area (Å²) >= 11 is 0. The standard InChI is InChI=1S/C22H25N3O2/c1-5-17(16-11-7-6-8-12-16)22(26)23-21-20(15(2)24-25(21)3)18-13-9-10-14-19(18)27-4/h6-14,17H,5H2,1-4H3,(H,23,26)/t17-/m1/s1. The molecule has 27 heavy (non-hydrogen) atoms. The van der Waals surface area contributed by atoms with Gasteiger partial charge in [-0.05, 0) is 25.0 Å². The van der Waals surface area contributed by atoms with Crippen molar-refractivity contribution in [2.24, 2.45) is 7.05 Å². The molecule has 0 aliphatic carbocycles. The summed E-state index contributed by atoms with van der Waals surface area (Å²) in [6.45, 7) is 3.96. The molecule has 0 fully saturated rings. The molecule has 1 aromatic heterocycles. The van der Waals surface area contributed by atoms with Gasteiger partial charge in [0, 0.05) is 12.6 Å². The number of ether oxygens (including phenoxy) is 1. The van der Waals surface area contributed by atoms with Crippen molar-refractivity contribution < 1.29 is 9.53 Å². The highest BCUT2D eigenvalue weighted by Crippen LogP contribution is 2.37. The molecule has 1 heterocycles. The minimum atomic E-state index is -0.216. The van der Waals surface area contributed by atoms with Crippen LogP contribution in [0.4, 0.5) is 5.82 Å². The van der Waals surface area contributed by atoms with Crippen molar-refractivity contribution in [1.29, 1.82) is 0 Å². The molecule has 3 rings (SSSR count). The third-order valence-electron chi connectivity index (χ3n) is 4.77.